The summed E-state index contributed by atoms with van der Waals surface area (Å²) in [6.07, 6.45) is 5.44. The molecule has 2 fully saturated rings. The van der Waals surface area contributed by atoms with Crippen molar-refractivity contribution in [3.05, 3.63) is 0 Å². The van der Waals surface area contributed by atoms with Crippen LogP contribution in [0, 0.1) is 5.92 Å². The number of piperidine rings is 1. The molecule has 0 spiro atoms. The molecule has 1 atom stereocenters. The molecule has 3 nitrogen and oxygen atoms in total. The van der Waals surface area contributed by atoms with Crippen molar-refractivity contribution in [1.82, 2.24) is 15.1 Å². The Morgan fingerprint density at radius 2 is 1.68 bits per heavy atom. The van der Waals surface area contributed by atoms with Crippen LogP contribution in [0.1, 0.15) is 46.5 Å². The fourth-order valence-electron chi connectivity index (χ4n) is 3.03. The van der Waals surface area contributed by atoms with Gasteiger partial charge in [0.25, 0.3) is 0 Å². The van der Waals surface area contributed by atoms with Crippen molar-refractivity contribution >= 4 is 0 Å². The van der Waals surface area contributed by atoms with Gasteiger partial charge in [-0.25, -0.2) is 0 Å². The fraction of sp³-hybridized carbons (Fsp3) is 1.00. The van der Waals surface area contributed by atoms with E-state index in [4.69, 9.17) is 0 Å². The van der Waals surface area contributed by atoms with Crippen LogP contribution in [0.25, 0.3) is 0 Å². The minimum Gasteiger partial charge on any atom is -0.314 e. The van der Waals surface area contributed by atoms with Crippen molar-refractivity contribution in [2.45, 2.75) is 52.5 Å². The zero-order valence-electron chi connectivity index (χ0n) is 13.6. The highest BCUT2D eigenvalue weighted by atomic mass is 15.1. The molecule has 0 amide bonds. The highest BCUT2D eigenvalue weighted by Crippen LogP contribution is 2.18. The van der Waals surface area contributed by atoms with Crippen molar-refractivity contribution in [1.29, 1.82) is 0 Å². The van der Waals surface area contributed by atoms with Gasteiger partial charge in [-0.2, -0.15) is 0 Å². The normalized spacial score (nSPS) is 28.1. The largest absolute Gasteiger partial charge is 0.314 e. The molecule has 3 heteroatoms. The first-order valence-electron chi connectivity index (χ1n) is 8.38. The summed E-state index contributed by atoms with van der Waals surface area (Å²) < 4.78 is 0. The molecule has 1 unspecified atom stereocenters. The summed E-state index contributed by atoms with van der Waals surface area (Å²) in [5.74, 6) is 0.953. The molecular formula is C16H35N3. The van der Waals surface area contributed by atoms with Crippen LogP contribution in [0.2, 0.25) is 0 Å². The summed E-state index contributed by atoms with van der Waals surface area (Å²) >= 11 is 0. The van der Waals surface area contributed by atoms with Gasteiger partial charge in [-0.3, -0.25) is 0 Å². The standard InChI is InChI=1S/C14H29N3.C2H6/c1-13-4-11-17(8-3-7-15-13)12-14-5-9-16(2)10-6-14;1-2/h13-15H,3-12H2,1-2H3;1-2H3. The van der Waals surface area contributed by atoms with E-state index in [1.54, 1.807) is 0 Å². The first-order valence-corrected chi connectivity index (χ1v) is 8.38. The lowest BCUT2D eigenvalue weighted by molar-refractivity contribution is 0.150. The summed E-state index contributed by atoms with van der Waals surface area (Å²) in [4.78, 5) is 5.18. The number of hydrogen-bond donors (Lipinski definition) is 1. The number of nitrogens with zero attached hydrogens (tertiary/aromatic N) is 2. The van der Waals surface area contributed by atoms with E-state index in [1.165, 1.54) is 65.0 Å². The first kappa shape index (κ1) is 16.9. The third-order valence-corrected chi connectivity index (χ3v) is 4.38. The molecule has 0 aromatic heterocycles. The third kappa shape index (κ3) is 6.73. The molecule has 0 aliphatic carbocycles. The van der Waals surface area contributed by atoms with Crippen molar-refractivity contribution < 1.29 is 0 Å². The van der Waals surface area contributed by atoms with Gasteiger partial charge in [-0.1, -0.05) is 13.8 Å². The zero-order chi connectivity index (χ0) is 14.1. The molecule has 0 bridgehead atoms. The molecule has 2 rings (SSSR count). The molecule has 2 aliphatic heterocycles. The van der Waals surface area contributed by atoms with Crippen LogP contribution in [0.5, 0.6) is 0 Å². The van der Waals surface area contributed by atoms with E-state index in [0.717, 1.165) is 5.92 Å². The van der Waals surface area contributed by atoms with Crippen LogP contribution < -0.4 is 5.32 Å². The summed E-state index contributed by atoms with van der Waals surface area (Å²) in [6, 6.07) is 0.704. The van der Waals surface area contributed by atoms with Crippen molar-refractivity contribution in [3.8, 4) is 0 Å². The molecule has 2 aliphatic rings. The average molecular weight is 269 g/mol. The molecular weight excluding hydrogens is 234 g/mol. The van der Waals surface area contributed by atoms with E-state index in [0.29, 0.717) is 6.04 Å². The Morgan fingerprint density at radius 1 is 1.00 bits per heavy atom. The monoisotopic (exact) mass is 269 g/mol. The highest BCUT2D eigenvalue weighted by molar-refractivity contribution is 4.76. The van der Waals surface area contributed by atoms with Gasteiger partial charge in [0, 0.05) is 12.6 Å². The maximum Gasteiger partial charge on any atom is 0.00509 e. The van der Waals surface area contributed by atoms with Crippen molar-refractivity contribution in [2.75, 3.05) is 46.3 Å². The number of hydrogen-bond acceptors (Lipinski definition) is 3. The van der Waals surface area contributed by atoms with Crippen LogP contribution in [0.3, 0.4) is 0 Å². The Bertz CT molecular complexity index is 212. The van der Waals surface area contributed by atoms with Gasteiger partial charge in [0.05, 0.1) is 0 Å². The van der Waals surface area contributed by atoms with Gasteiger partial charge < -0.3 is 15.1 Å². The zero-order valence-corrected chi connectivity index (χ0v) is 13.6. The Labute approximate surface area is 120 Å². The topological polar surface area (TPSA) is 18.5 Å². The second-order valence-corrected chi connectivity index (χ2v) is 6.04. The van der Waals surface area contributed by atoms with Gasteiger partial charge in [0.15, 0.2) is 0 Å². The van der Waals surface area contributed by atoms with Crippen LogP contribution in [-0.4, -0.2) is 62.2 Å². The second kappa shape index (κ2) is 9.73. The van der Waals surface area contributed by atoms with E-state index >= 15 is 0 Å². The average Bonchev–Trinajstić information content (AvgIpc) is 2.43. The number of nitrogens with one attached hydrogen (secondary N) is 1. The van der Waals surface area contributed by atoms with E-state index < -0.39 is 0 Å². The third-order valence-electron chi connectivity index (χ3n) is 4.38. The number of likely N-dealkylation sites (tertiary alicyclic amines) is 1. The summed E-state index contributed by atoms with van der Waals surface area (Å²) in [7, 11) is 2.25. The molecule has 0 radical (unpaired) electrons. The molecule has 1 N–H and O–H groups in total. The maximum absolute atomic E-state index is 3.58. The summed E-state index contributed by atoms with van der Waals surface area (Å²) in [5, 5.41) is 3.58. The Kier molecular flexibility index (Phi) is 8.67. The fourth-order valence-corrected chi connectivity index (χ4v) is 3.03. The van der Waals surface area contributed by atoms with Crippen LogP contribution >= 0.6 is 0 Å². The lowest BCUT2D eigenvalue weighted by Crippen LogP contribution is -2.42. The van der Waals surface area contributed by atoms with Gasteiger partial charge in [-0.05, 0) is 78.3 Å². The van der Waals surface area contributed by atoms with Crippen molar-refractivity contribution in [3.63, 3.8) is 0 Å². The van der Waals surface area contributed by atoms with Crippen LogP contribution in [-0.2, 0) is 0 Å². The molecule has 0 aromatic carbocycles. The van der Waals surface area contributed by atoms with E-state index in [1.807, 2.05) is 13.8 Å². The quantitative estimate of drug-likeness (QED) is 0.830. The Balaban J connectivity index is 0.000000861. The predicted octanol–water partition coefficient (Wildman–Crippen LogP) is 2.43. The second-order valence-electron chi connectivity index (χ2n) is 6.04. The van der Waals surface area contributed by atoms with Crippen molar-refractivity contribution in [2.24, 2.45) is 5.92 Å². The van der Waals surface area contributed by atoms with Gasteiger partial charge in [-0.15, -0.1) is 0 Å². The molecule has 0 aromatic rings. The van der Waals surface area contributed by atoms with Gasteiger partial charge >= 0.3 is 0 Å². The van der Waals surface area contributed by atoms with Gasteiger partial charge in [0.1, 0.15) is 0 Å². The lowest BCUT2D eigenvalue weighted by atomic mass is 9.96. The summed E-state index contributed by atoms with van der Waals surface area (Å²) in [6.45, 7) is 14.1. The van der Waals surface area contributed by atoms with Crippen LogP contribution in [0.4, 0.5) is 0 Å². The smallest absolute Gasteiger partial charge is 0.00509 e. The minimum absolute atomic E-state index is 0.704. The molecule has 114 valence electrons. The van der Waals surface area contributed by atoms with Gasteiger partial charge in [0.2, 0.25) is 0 Å². The Hall–Kier alpha value is -0.120. The molecule has 0 saturated carbocycles. The number of rotatable bonds is 2. The van der Waals surface area contributed by atoms with Crippen LogP contribution in [0.15, 0.2) is 0 Å². The molecule has 2 saturated heterocycles. The Morgan fingerprint density at radius 3 is 2.37 bits per heavy atom. The SMILES string of the molecule is CC.CC1CCN(CC2CCN(C)CC2)CCCN1. The highest BCUT2D eigenvalue weighted by Gasteiger charge is 2.20. The van der Waals surface area contributed by atoms with E-state index in [9.17, 15) is 0 Å². The molecule has 19 heavy (non-hydrogen) atoms. The minimum atomic E-state index is 0.704. The van der Waals surface area contributed by atoms with E-state index in [-0.39, 0.29) is 0 Å². The maximum atomic E-state index is 3.58. The predicted molar refractivity (Wildman–Crippen MR) is 84.7 cm³/mol. The first-order chi connectivity index (χ1) is 9.24. The lowest BCUT2D eigenvalue weighted by Gasteiger charge is -2.34. The summed E-state index contributed by atoms with van der Waals surface area (Å²) in [5.41, 5.74) is 0. The molecule has 2 heterocycles. The van der Waals surface area contributed by atoms with E-state index in [2.05, 4.69) is 29.1 Å².